The third kappa shape index (κ3) is 4.31. The Bertz CT molecular complexity index is 714. The van der Waals surface area contributed by atoms with Gasteiger partial charge in [-0.2, -0.15) is 0 Å². The van der Waals surface area contributed by atoms with Crippen LogP contribution in [0.1, 0.15) is 11.1 Å². The van der Waals surface area contributed by atoms with Crippen molar-refractivity contribution < 1.29 is 19.4 Å². The van der Waals surface area contributed by atoms with Crippen molar-refractivity contribution in [1.82, 2.24) is 0 Å². The van der Waals surface area contributed by atoms with E-state index in [2.05, 4.69) is 6.58 Å². The molecule has 0 saturated heterocycles. The highest BCUT2D eigenvalue weighted by Crippen LogP contribution is 2.25. The zero-order valence-electron chi connectivity index (χ0n) is 12.9. The predicted molar refractivity (Wildman–Crippen MR) is 90.2 cm³/mol. The minimum Gasteiger partial charge on any atom is -0.496 e. The first kappa shape index (κ1) is 16.5. The first-order valence-corrected chi connectivity index (χ1v) is 7.07. The van der Waals surface area contributed by atoms with E-state index < -0.39 is 5.97 Å². The number of carbonyl (C=O) groups is 1. The Morgan fingerprint density at radius 3 is 2.48 bits per heavy atom. The molecule has 4 heteroatoms. The van der Waals surface area contributed by atoms with E-state index in [4.69, 9.17) is 9.47 Å². The largest absolute Gasteiger partial charge is 0.496 e. The van der Waals surface area contributed by atoms with Gasteiger partial charge in [0.1, 0.15) is 11.5 Å². The van der Waals surface area contributed by atoms with E-state index >= 15 is 0 Å². The summed E-state index contributed by atoms with van der Waals surface area (Å²) in [6.45, 7) is 3.23. The average Bonchev–Trinajstić information content (AvgIpc) is 2.60. The van der Waals surface area contributed by atoms with Gasteiger partial charge in [0, 0.05) is 11.6 Å². The molecule has 0 bridgehead atoms. The fraction of sp³-hybridized carbons (Fsp3) is 0.105. The second kappa shape index (κ2) is 7.96. The summed E-state index contributed by atoms with van der Waals surface area (Å²) >= 11 is 0. The molecule has 2 aromatic rings. The number of hydrogen-bond donors (Lipinski definition) is 1. The lowest BCUT2D eigenvalue weighted by molar-refractivity contribution is -0.128. The lowest BCUT2D eigenvalue weighted by atomic mass is 10.0. The standard InChI is InChI=1S/C19H18O4/c1-3-19(21)23-17-10-8-14(9-11-17)16(13-20)12-15-6-4-5-7-18(15)22-2/h3-12,20H,1,13H2,2H3/b16-12+. The van der Waals surface area contributed by atoms with Crippen LogP contribution in [0.5, 0.6) is 11.5 Å². The van der Waals surface area contributed by atoms with Crippen LogP contribution in [0, 0.1) is 0 Å². The van der Waals surface area contributed by atoms with E-state index in [0.717, 1.165) is 28.5 Å². The van der Waals surface area contributed by atoms with Crippen molar-refractivity contribution in [3.8, 4) is 11.5 Å². The van der Waals surface area contributed by atoms with Gasteiger partial charge in [-0.1, -0.05) is 36.9 Å². The van der Waals surface area contributed by atoms with E-state index in [-0.39, 0.29) is 6.61 Å². The van der Waals surface area contributed by atoms with Gasteiger partial charge in [0.15, 0.2) is 0 Å². The second-order valence-corrected chi connectivity index (χ2v) is 4.72. The molecule has 118 valence electrons. The molecule has 2 rings (SSSR count). The molecule has 23 heavy (non-hydrogen) atoms. The summed E-state index contributed by atoms with van der Waals surface area (Å²) in [5, 5.41) is 9.65. The van der Waals surface area contributed by atoms with Gasteiger partial charge < -0.3 is 14.6 Å². The fourth-order valence-electron chi connectivity index (χ4n) is 2.09. The first-order chi connectivity index (χ1) is 11.2. The molecule has 0 aliphatic rings. The number of benzene rings is 2. The number of para-hydroxylation sites is 1. The van der Waals surface area contributed by atoms with E-state index in [1.165, 1.54) is 0 Å². The Labute approximate surface area is 135 Å². The van der Waals surface area contributed by atoms with Crippen molar-refractivity contribution >= 4 is 17.6 Å². The molecular formula is C19H18O4. The maximum absolute atomic E-state index is 11.2. The van der Waals surface area contributed by atoms with Crippen LogP contribution >= 0.6 is 0 Å². The number of aliphatic hydroxyl groups excluding tert-OH is 1. The normalized spacial score (nSPS) is 11.0. The SMILES string of the molecule is C=CC(=O)Oc1ccc(/C(=C/c2ccccc2OC)CO)cc1. The molecule has 0 radical (unpaired) electrons. The zero-order valence-corrected chi connectivity index (χ0v) is 12.9. The molecule has 0 aromatic heterocycles. The Morgan fingerprint density at radius 2 is 1.87 bits per heavy atom. The van der Waals surface area contributed by atoms with Crippen molar-refractivity contribution in [1.29, 1.82) is 0 Å². The third-order valence-electron chi connectivity index (χ3n) is 3.25. The molecule has 0 atom stereocenters. The van der Waals surface area contributed by atoms with Crippen molar-refractivity contribution in [2.75, 3.05) is 13.7 Å². The van der Waals surface area contributed by atoms with Gasteiger partial charge in [-0.15, -0.1) is 0 Å². The first-order valence-electron chi connectivity index (χ1n) is 7.07. The Kier molecular flexibility index (Phi) is 5.72. The quantitative estimate of drug-likeness (QED) is 0.385. The molecule has 0 amide bonds. The molecule has 0 fully saturated rings. The van der Waals surface area contributed by atoms with Gasteiger partial charge in [-0.3, -0.25) is 0 Å². The summed E-state index contributed by atoms with van der Waals surface area (Å²) in [7, 11) is 1.61. The molecule has 0 spiro atoms. The van der Waals surface area contributed by atoms with Gasteiger partial charge in [0.05, 0.1) is 13.7 Å². The van der Waals surface area contributed by atoms with Gasteiger partial charge in [0.25, 0.3) is 0 Å². The van der Waals surface area contributed by atoms with Crippen molar-refractivity contribution in [2.24, 2.45) is 0 Å². The molecule has 2 aromatic carbocycles. The monoisotopic (exact) mass is 310 g/mol. The van der Waals surface area contributed by atoms with Gasteiger partial charge in [-0.25, -0.2) is 4.79 Å². The number of hydrogen-bond acceptors (Lipinski definition) is 4. The molecule has 0 saturated carbocycles. The van der Waals surface area contributed by atoms with Crippen LogP contribution in [0.3, 0.4) is 0 Å². The summed E-state index contributed by atoms with van der Waals surface area (Å²) in [6.07, 6.45) is 2.97. The lowest BCUT2D eigenvalue weighted by Crippen LogP contribution is -2.03. The number of methoxy groups -OCH3 is 1. The van der Waals surface area contributed by atoms with E-state index in [1.54, 1.807) is 31.4 Å². The highest BCUT2D eigenvalue weighted by atomic mass is 16.5. The van der Waals surface area contributed by atoms with Crippen molar-refractivity contribution in [2.45, 2.75) is 0 Å². The van der Waals surface area contributed by atoms with Gasteiger partial charge in [-0.05, 0) is 35.4 Å². The Morgan fingerprint density at radius 1 is 1.17 bits per heavy atom. The maximum atomic E-state index is 11.2. The minimum atomic E-state index is -0.510. The molecule has 0 heterocycles. The molecule has 4 nitrogen and oxygen atoms in total. The van der Waals surface area contributed by atoms with Crippen LogP contribution < -0.4 is 9.47 Å². The van der Waals surface area contributed by atoms with E-state index in [1.807, 2.05) is 30.3 Å². The molecule has 0 aliphatic heterocycles. The minimum absolute atomic E-state index is 0.121. The van der Waals surface area contributed by atoms with Crippen LogP contribution in [0.25, 0.3) is 11.6 Å². The summed E-state index contributed by atoms with van der Waals surface area (Å²) in [6, 6.07) is 14.5. The van der Waals surface area contributed by atoms with Crippen LogP contribution in [-0.2, 0) is 4.79 Å². The van der Waals surface area contributed by atoms with Crippen molar-refractivity contribution in [3.05, 3.63) is 72.3 Å². The summed E-state index contributed by atoms with van der Waals surface area (Å²) in [4.78, 5) is 11.2. The summed E-state index contributed by atoms with van der Waals surface area (Å²) in [5.41, 5.74) is 2.44. The summed E-state index contributed by atoms with van der Waals surface area (Å²) < 4.78 is 10.3. The average molecular weight is 310 g/mol. The molecular weight excluding hydrogens is 292 g/mol. The van der Waals surface area contributed by atoms with Crippen LogP contribution in [0.15, 0.2) is 61.2 Å². The summed E-state index contributed by atoms with van der Waals surface area (Å²) in [5.74, 6) is 0.646. The topological polar surface area (TPSA) is 55.8 Å². The second-order valence-electron chi connectivity index (χ2n) is 4.72. The number of esters is 1. The van der Waals surface area contributed by atoms with Crippen LogP contribution in [0.4, 0.5) is 0 Å². The number of rotatable bonds is 6. The maximum Gasteiger partial charge on any atom is 0.335 e. The number of carbonyl (C=O) groups excluding carboxylic acids is 1. The lowest BCUT2D eigenvalue weighted by Gasteiger charge is -2.09. The predicted octanol–water partition coefficient (Wildman–Crippen LogP) is 3.32. The smallest absolute Gasteiger partial charge is 0.335 e. The van der Waals surface area contributed by atoms with E-state index in [9.17, 15) is 9.90 Å². The fourth-order valence-corrected chi connectivity index (χ4v) is 2.09. The highest BCUT2D eigenvalue weighted by molar-refractivity contribution is 5.85. The van der Waals surface area contributed by atoms with Gasteiger partial charge in [0.2, 0.25) is 0 Å². The molecule has 0 aliphatic carbocycles. The van der Waals surface area contributed by atoms with Crippen LogP contribution in [0.2, 0.25) is 0 Å². The number of ether oxygens (including phenoxy) is 2. The Hall–Kier alpha value is -2.85. The molecule has 1 N–H and O–H groups in total. The van der Waals surface area contributed by atoms with E-state index in [0.29, 0.717) is 5.75 Å². The molecule has 0 unspecified atom stereocenters. The van der Waals surface area contributed by atoms with Crippen molar-refractivity contribution in [3.63, 3.8) is 0 Å². The van der Waals surface area contributed by atoms with Crippen LogP contribution in [-0.4, -0.2) is 24.8 Å². The Balaban J connectivity index is 2.28. The van der Waals surface area contributed by atoms with Gasteiger partial charge >= 0.3 is 5.97 Å². The number of aliphatic hydroxyl groups is 1. The zero-order chi connectivity index (χ0) is 16.7. The highest BCUT2D eigenvalue weighted by Gasteiger charge is 2.06. The third-order valence-corrected chi connectivity index (χ3v) is 3.25.